The van der Waals surface area contributed by atoms with Crippen LogP contribution in [-0.2, 0) is 0 Å². The van der Waals surface area contributed by atoms with Crippen molar-refractivity contribution in [1.29, 1.82) is 0 Å². The highest BCUT2D eigenvalue weighted by molar-refractivity contribution is 6.88. The van der Waals surface area contributed by atoms with Gasteiger partial charge in [0.15, 0.2) is 0 Å². The second kappa shape index (κ2) is 6.13. The quantitative estimate of drug-likeness (QED) is 0.600. The zero-order valence-electron chi connectivity index (χ0n) is 14.3. The highest BCUT2D eigenvalue weighted by Crippen LogP contribution is 2.25. The lowest BCUT2D eigenvalue weighted by Gasteiger charge is -2.17. The summed E-state index contributed by atoms with van der Waals surface area (Å²) in [5, 5.41) is 1.50. The molecule has 1 heterocycles. The standard InChI is InChI=1S/C21H23NSi/c1-16-12-13-22-21(14-16)19-7-5-6-18(15-19)17-8-10-20(11-9-17)23(2,3)4/h5-15H,1-4H3. The molecular weight excluding hydrogens is 294 g/mol. The Kier molecular flexibility index (Phi) is 4.18. The monoisotopic (exact) mass is 317 g/mol. The number of hydrogen-bond acceptors (Lipinski definition) is 1. The van der Waals surface area contributed by atoms with Gasteiger partial charge in [0.2, 0.25) is 0 Å². The maximum absolute atomic E-state index is 4.50. The molecule has 0 fully saturated rings. The van der Waals surface area contributed by atoms with E-state index in [1.807, 2.05) is 12.3 Å². The van der Waals surface area contributed by atoms with Crippen LogP contribution in [0, 0.1) is 6.92 Å². The predicted octanol–water partition coefficient (Wildman–Crippen LogP) is 5.27. The average molecular weight is 318 g/mol. The number of hydrogen-bond donors (Lipinski definition) is 0. The van der Waals surface area contributed by atoms with Gasteiger partial charge in [0, 0.05) is 11.8 Å². The van der Waals surface area contributed by atoms with Crippen molar-refractivity contribution in [2.75, 3.05) is 0 Å². The van der Waals surface area contributed by atoms with Gasteiger partial charge < -0.3 is 0 Å². The fraction of sp³-hybridized carbons (Fsp3) is 0.190. The Morgan fingerprint density at radius 1 is 0.739 bits per heavy atom. The number of aromatic nitrogens is 1. The number of aryl methyl sites for hydroxylation is 1. The molecule has 3 aromatic rings. The number of benzene rings is 2. The van der Waals surface area contributed by atoms with E-state index in [0.29, 0.717) is 0 Å². The molecule has 0 aliphatic carbocycles. The number of pyridine rings is 1. The fourth-order valence-electron chi connectivity index (χ4n) is 2.71. The van der Waals surface area contributed by atoms with Crippen molar-refractivity contribution in [3.8, 4) is 22.4 Å². The van der Waals surface area contributed by atoms with Crippen LogP contribution in [0.3, 0.4) is 0 Å². The zero-order valence-corrected chi connectivity index (χ0v) is 15.3. The van der Waals surface area contributed by atoms with E-state index in [9.17, 15) is 0 Å². The van der Waals surface area contributed by atoms with Gasteiger partial charge in [-0.3, -0.25) is 4.98 Å². The van der Waals surface area contributed by atoms with E-state index >= 15 is 0 Å². The van der Waals surface area contributed by atoms with Gasteiger partial charge in [0.1, 0.15) is 0 Å². The largest absolute Gasteiger partial charge is 0.256 e. The summed E-state index contributed by atoms with van der Waals surface area (Å²) in [6.07, 6.45) is 1.88. The van der Waals surface area contributed by atoms with Crippen LogP contribution in [0.1, 0.15) is 5.56 Å². The summed E-state index contributed by atoms with van der Waals surface area (Å²) < 4.78 is 0. The highest BCUT2D eigenvalue weighted by atomic mass is 28.3. The first kappa shape index (κ1) is 15.7. The molecule has 1 aromatic heterocycles. The lowest BCUT2D eigenvalue weighted by atomic mass is 10.0. The molecule has 0 aliphatic rings. The van der Waals surface area contributed by atoms with Crippen LogP contribution in [-0.4, -0.2) is 13.1 Å². The minimum absolute atomic E-state index is 1.03. The van der Waals surface area contributed by atoms with Crippen molar-refractivity contribution in [1.82, 2.24) is 4.98 Å². The SMILES string of the molecule is Cc1ccnc(-c2cccc(-c3ccc([Si](C)(C)C)cc3)c2)c1. The van der Waals surface area contributed by atoms with Crippen LogP contribution >= 0.6 is 0 Å². The van der Waals surface area contributed by atoms with Crippen molar-refractivity contribution < 1.29 is 0 Å². The van der Waals surface area contributed by atoms with E-state index in [1.54, 1.807) is 0 Å². The summed E-state index contributed by atoms with van der Waals surface area (Å²) in [5.74, 6) is 0. The topological polar surface area (TPSA) is 12.9 Å². The molecule has 0 amide bonds. The van der Waals surface area contributed by atoms with E-state index in [1.165, 1.54) is 27.4 Å². The van der Waals surface area contributed by atoms with Crippen LogP contribution in [0.4, 0.5) is 0 Å². The Labute approximate surface area is 140 Å². The zero-order chi connectivity index (χ0) is 16.4. The van der Waals surface area contributed by atoms with E-state index in [4.69, 9.17) is 0 Å². The Balaban J connectivity index is 1.97. The fourth-order valence-corrected chi connectivity index (χ4v) is 3.88. The lowest BCUT2D eigenvalue weighted by Crippen LogP contribution is -2.37. The number of nitrogens with zero attached hydrogens (tertiary/aromatic N) is 1. The third-order valence-electron chi connectivity index (χ3n) is 4.16. The molecule has 0 spiro atoms. The van der Waals surface area contributed by atoms with Crippen molar-refractivity contribution >= 4 is 13.3 Å². The summed E-state index contributed by atoms with van der Waals surface area (Å²) >= 11 is 0. The summed E-state index contributed by atoms with van der Waals surface area (Å²) in [4.78, 5) is 4.50. The molecule has 0 bridgehead atoms. The predicted molar refractivity (Wildman–Crippen MR) is 103 cm³/mol. The van der Waals surface area contributed by atoms with Crippen molar-refractivity contribution in [2.45, 2.75) is 26.6 Å². The van der Waals surface area contributed by atoms with Gasteiger partial charge in [-0.1, -0.05) is 67.3 Å². The van der Waals surface area contributed by atoms with E-state index in [-0.39, 0.29) is 0 Å². The Hall–Kier alpha value is -2.19. The van der Waals surface area contributed by atoms with Gasteiger partial charge in [0.25, 0.3) is 0 Å². The van der Waals surface area contributed by atoms with Crippen molar-refractivity contribution in [2.24, 2.45) is 0 Å². The van der Waals surface area contributed by atoms with Gasteiger partial charge in [-0.05, 0) is 41.8 Å². The summed E-state index contributed by atoms with van der Waals surface area (Å²) in [6, 6.07) is 21.9. The first-order valence-corrected chi connectivity index (χ1v) is 11.6. The van der Waals surface area contributed by atoms with Crippen molar-refractivity contribution in [3.05, 3.63) is 72.4 Å². The van der Waals surface area contributed by atoms with Gasteiger partial charge in [-0.25, -0.2) is 0 Å². The van der Waals surface area contributed by atoms with Gasteiger partial charge in [0.05, 0.1) is 13.8 Å². The molecule has 23 heavy (non-hydrogen) atoms. The van der Waals surface area contributed by atoms with Crippen LogP contribution in [0.25, 0.3) is 22.4 Å². The minimum atomic E-state index is -1.24. The van der Waals surface area contributed by atoms with E-state index < -0.39 is 8.07 Å². The smallest absolute Gasteiger partial charge is 0.0775 e. The molecule has 0 radical (unpaired) electrons. The van der Waals surface area contributed by atoms with Crippen LogP contribution in [0.15, 0.2) is 66.9 Å². The lowest BCUT2D eigenvalue weighted by molar-refractivity contribution is 1.29. The van der Waals surface area contributed by atoms with Crippen LogP contribution in [0.2, 0.25) is 19.6 Å². The second-order valence-electron chi connectivity index (χ2n) is 7.13. The maximum Gasteiger partial charge on any atom is 0.0775 e. The average Bonchev–Trinajstić information content (AvgIpc) is 2.54. The maximum atomic E-state index is 4.50. The molecule has 2 heteroatoms. The number of rotatable bonds is 3. The molecule has 0 saturated carbocycles. The molecule has 0 N–H and O–H groups in total. The molecule has 2 aromatic carbocycles. The molecule has 116 valence electrons. The van der Waals surface area contributed by atoms with Gasteiger partial charge in [-0.2, -0.15) is 0 Å². The Morgan fingerprint density at radius 3 is 2.09 bits per heavy atom. The minimum Gasteiger partial charge on any atom is -0.256 e. The van der Waals surface area contributed by atoms with E-state index in [2.05, 4.69) is 86.1 Å². The molecule has 3 rings (SSSR count). The third kappa shape index (κ3) is 3.59. The second-order valence-corrected chi connectivity index (χ2v) is 12.2. The first-order chi connectivity index (χ1) is 10.9. The Morgan fingerprint density at radius 2 is 1.43 bits per heavy atom. The summed E-state index contributed by atoms with van der Waals surface area (Å²) in [6.45, 7) is 9.24. The summed E-state index contributed by atoms with van der Waals surface area (Å²) in [5.41, 5.74) is 5.94. The van der Waals surface area contributed by atoms with Crippen molar-refractivity contribution in [3.63, 3.8) is 0 Å². The third-order valence-corrected chi connectivity index (χ3v) is 6.22. The summed E-state index contributed by atoms with van der Waals surface area (Å²) in [7, 11) is -1.24. The normalized spacial score (nSPS) is 11.5. The van der Waals surface area contributed by atoms with Gasteiger partial charge in [-0.15, -0.1) is 0 Å². The highest BCUT2D eigenvalue weighted by Gasteiger charge is 2.15. The van der Waals surface area contributed by atoms with Crippen LogP contribution in [0.5, 0.6) is 0 Å². The molecule has 0 saturated heterocycles. The van der Waals surface area contributed by atoms with Crippen LogP contribution < -0.4 is 5.19 Å². The molecule has 0 unspecified atom stereocenters. The Bertz CT molecular complexity index is 814. The van der Waals surface area contributed by atoms with E-state index in [0.717, 1.165) is 5.69 Å². The molecular formula is C21H23NSi. The molecule has 1 nitrogen and oxygen atoms in total. The molecule has 0 aliphatic heterocycles. The molecule has 0 atom stereocenters. The first-order valence-electron chi connectivity index (χ1n) is 8.07. The van der Waals surface area contributed by atoms with Gasteiger partial charge >= 0.3 is 0 Å².